The Balaban J connectivity index is 2.11. The SMILES string of the molecule is C#CCCc1c(F)cc(C(=O)NC2CCCCC2C)cc1F. The molecular formula is C18H21F2NO. The molecule has 0 bridgehead atoms. The lowest BCUT2D eigenvalue weighted by molar-refractivity contribution is 0.0909. The first kappa shape index (κ1) is 16.5. The quantitative estimate of drug-likeness (QED) is 0.841. The topological polar surface area (TPSA) is 29.1 Å². The molecule has 1 saturated carbocycles. The van der Waals surface area contributed by atoms with Crippen LogP contribution in [0.2, 0.25) is 0 Å². The van der Waals surface area contributed by atoms with Gasteiger partial charge in [0.1, 0.15) is 11.6 Å². The molecule has 1 aromatic carbocycles. The van der Waals surface area contributed by atoms with Gasteiger partial charge < -0.3 is 5.32 Å². The van der Waals surface area contributed by atoms with Gasteiger partial charge in [0.25, 0.3) is 5.91 Å². The van der Waals surface area contributed by atoms with Crippen molar-refractivity contribution < 1.29 is 13.6 Å². The van der Waals surface area contributed by atoms with E-state index in [9.17, 15) is 13.6 Å². The smallest absolute Gasteiger partial charge is 0.251 e. The maximum atomic E-state index is 14.0. The van der Waals surface area contributed by atoms with Crippen LogP contribution in [-0.4, -0.2) is 11.9 Å². The molecule has 0 spiro atoms. The van der Waals surface area contributed by atoms with Gasteiger partial charge in [0, 0.05) is 23.6 Å². The van der Waals surface area contributed by atoms with E-state index in [4.69, 9.17) is 6.42 Å². The summed E-state index contributed by atoms with van der Waals surface area (Å²) < 4.78 is 27.9. The van der Waals surface area contributed by atoms with E-state index >= 15 is 0 Å². The van der Waals surface area contributed by atoms with Crippen molar-refractivity contribution >= 4 is 5.91 Å². The molecule has 0 heterocycles. The second kappa shape index (κ2) is 7.40. The molecule has 2 nitrogen and oxygen atoms in total. The molecule has 1 aromatic rings. The van der Waals surface area contributed by atoms with Gasteiger partial charge in [0.05, 0.1) is 0 Å². The predicted octanol–water partition coefficient (Wildman–Crippen LogP) is 3.84. The molecule has 22 heavy (non-hydrogen) atoms. The Morgan fingerprint density at radius 3 is 2.55 bits per heavy atom. The van der Waals surface area contributed by atoms with Crippen LogP contribution in [0.4, 0.5) is 8.78 Å². The number of carbonyl (C=O) groups excluding carboxylic acids is 1. The Labute approximate surface area is 130 Å². The third-order valence-corrected chi connectivity index (χ3v) is 4.35. The highest BCUT2D eigenvalue weighted by Gasteiger charge is 2.24. The summed E-state index contributed by atoms with van der Waals surface area (Å²) in [6, 6.07) is 2.27. The molecular weight excluding hydrogens is 284 g/mol. The monoisotopic (exact) mass is 305 g/mol. The first-order valence-corrected chi connectivity index (χ1v) is 7.75. The molecule has 4 heteroatoms. The van der Waals surface area contributed by atoms with E-state index in [1.807, 2.05) is 0 Å². The standard InChI is InChI=1S/C18H21F2NO/c1-3-4-8-14-15(19)10-13(11-16(14)20)18(22)21-17-9-6-5-7-12(17)2/h1,10-12,17H,4-9H2,2H3,(H,21,22). The van der Waals surface area contributed by atoms with Gasteiger partial charge in [0.2, 0.25) is 0 Å². The van der Waals surface area contributed by atoms with Crippen molar-refractivity contribution in [2.75, 3.05) is 0 Å². The van der Waals surface area contributed by atoms with Crippen LogP contribution >= 0.6 is 0 Å². The van der Waals surface area contributed by atoms with Crippen LogP contribution in [0.5, 0.6) is 0 Å². The maximum absolute atomic E-state index is 14.0. The number of nitrogens with one attached hydrogen (secondary N) is 1. The highest BCUT2D eigenvalue weighted by molar-refractivity contribution is 5.94. The Morgan fingerprint density at radius 2 is 1.95 bits per heavy atom. The summed E-state index contributed by atoms with van der Waals surface area (Å²) in [6.07, 6.45) is 9.73. The number of benzene rings is 1. The highest BCUT2D eigenvalue weighted by Crippen LogP contribution is 2.24. The molecule has 0 aromatic heterocycles. The minimum absolute atomic E-state index is 0.0252. The van der Waals surface area contributed by atoms with E-state index in [1.54, 1.807) is 0 Å². The molecule has 0 aliphatic heterocycles. The van der Waals surface area contributed by atoms with Crippen molar-refractivity contribution in [3.63, 3.8) is 0 Å². The van der Waals surface area contributed by atoms with Gasteiger partial charge in [-0.3, -0.25) is 4.79 Å². The Kier molecular flexibility index (Phi) is 5.54. The zero-order valence-corrected chi connectivity index (χ0v) is 12.8. The molecule has 2 atom stereocenters. The molecule has 1 aliphatic carbocycles. The van der Waals surface area contributed by atoms with Crippen LogP contribution in [0.25, 0.3) is 0 Å². The van der Waals surface area contributed by atoms with Crippen LogP contribution < -0.4 is 5.32 Å². The molecule has 1 fully saturated rings. The molecule has 1 N–H and O–H groups in total. The average Bonchev–Trinajstić information content (AvgIpc) is 2.48. The van der Waals surface area contributed by atoms with Gasteiger partial charge in [-0.25, -0.2) is 8.78 Å². The van der Waals surface area contributed by atoms with Crippen molar-refractivity contribution in [1.82, 2.24) is 5.32 Å². The first-order valence-electron chi connectivity index (χ1n) is 7.75. The zero-order valence-electron chi connectivity index (χ0n) is 12.8. The number of halogens is 2. The lowest BCUT2D eigenvalue weighted by Gasteiger charge is -2.29. The fraction of sp³-hybridized carbons (Fsp3) is 0.500. The molecule has 0 radical (unpaired) electrons. The Morgan fingerprint density at radius 1 is 1.32 bits per heavy atom. The fourth-order valence-electron chi connectivity index (χ4n) is 2.95. The summed E-state index contributed by atoms with van der Waals surface area (Å²) in [4.78, 5) is 12.2. The molecule has 118 valence electrons. The summed E-state index contributed by atoms with van der Waals surface area (Å²) in [5, 5.41) is 2.90. The summed E-state index contributed by atoms with van der Waals surface area (Å²) in [7, 11) is 0. The maximum Gasteiger partial charge on any atom is 0.251 e. The predicted molar refractivity (Wildman–Crippen MR) is 82.4 cm³/mol. The minimum Gasteiger partial charge on any atom is -0.349 e. The number of terminal acetylenes is 1. The number of hydrogen-bond donors (Lipinski definition) is 1. The second-order valence-corrected chi connectivity index (χ2v) is 5.96. The van der Waals surface area contributed by atoms with Gasteiger partial charge in [-0.2, -0.15) is 0 Å². The average molecular weight is 305 g/mol. The van der Waals surface area contributed by atoms with E-state index in [-0.39, 0.29) is 30.0 Å². The van der Waals surface area contributed by atoms with E-state index in [1.165, 1.54) is 6.42 Å². The molecule has 2 unspecified atom stereocenters. The van der Waals surface area contributed by atoms with Crippen molar-refractivity contribution in [3.05, 3.63) is 34.9 Å². The molecule has 2 rings (SSSR count). The largest absolute Gasteiger partial charge is 0.349 e. The Hall–Kier alpha value is -1.89. The Bertz CT molecular complexity index is 568. The van der Waals surface area contributed by atoms with E-state index in [0.717, 1.165) is 31.4 Å². The molecule has 0 saturated heterocycles. The van der Waals surface area contributed by atoms with Gasteiger partial charge >= 0.3 is 0 Å². The minimum atomic E-state index is -0.711. The fourth-order valence-corrected chi connectivity index (χ4v) is 2.95. The number of amides is 1. The normalized spacial score (nSPS) is 21.2. The summed E-state index contributed by atoms with van der Waals surface area (Å²) in [5.74, 6) is 0.907. The van der Waals surface area contributed by atoms with Gasteiger partial charge in [-0.1, -0.05) is 19.8 Å². The van der Waals surface area contributed by atoms with Crippen LogP contribution in [0, 0.1) is 29.9 Å². The van der Waals surface area contributed by atoms with Gasteiger partial charge in [0.15, 0.2) is 0 Å². The lowest BCUT2D eigenvalue weighted by Crippen LogP contribution is -2.41. The second-order valence-electron chi connectivity index (χ2n) is 5.96. The van der Waals surface area contributed by atoms with Crippen molar-refractivity contribution in [3.8, 4) is 12.3 Å². The van der Waals surface area contributed by atoms with Crippen molar-refractivity contribution in [1.29, 1.82) is 0 Å². The summed E-state index contributed by atoms with van der Waals surface area (Å²) >= 11 is 0. The van der Waals surface area contributed by atoms with Crippen LogP contribution in [-0.2, 0) is 6.42 Å². The summed E-state index contributed by atoms with van der Waals surface area (Å²) in [5.41, 5.74) is -0.0298. The highest BCUT2D eigenvalue weighted by atomic mass is 19.1. The number of hydrogen-bond acceptors (Lipinski definition) is 1. The van der Waals surface area contributed by atoms with Crippen molar-refractivity contribution in [2.45, 2.75) is 51.5 Å². The lowest BCUT2D eigenvalue weighted by atomic mass is 9.86. The first-order chi connectivity index (χ1) is 10.5. The zero-order chi connectivity index (χ0) is 16.1. The van der Waals surface area contributed by atoms with E-state index in [0.29, 0.717) is 5.92 Å². The number of carbonyl (C=O) groups is 1. The number of rotatable bonds is 4. The van der Waals surface area contributed by atoms with E-state index < -0.39 is 17.5 Å². The molecule has 1 aliphatic rings. The van der Waals surface area contributed by atoms with Gasteiger partial charge in [-0.15, -0.1) is 12.3 Å². The van der Waals surface area contributed by atoms with Crippen LogP contribution in [0.3, 0.4) is 0 Å². The molecule has 1 amide bonds. The van der Waals surface area contributed by atoms with E-state index in [2.05, 4.69) is 18.2 Å². The summed E-state index contributed by atoms with van der Waals surface area (Å²) in [6.45, 7) is 2.09. The third-order valence-electron chi connectivity index (χ3n) is 4.35. The third kappa shape index (κ3) is 3.85. The van der Waals surface area contributed by atoms with Crippen molar-refractivity contribution in [2.24, 2.45) is 5.92 Å². The van der Waals surface area contributed by atoms with Crippen LogP contribution in [0.1, 0.15) is 54.9 Å². The van der Waals surface area contributed by atoms with Crippen LogP contribution in [0.15, 0.2) is 12.1 Å². The van der Waals surface area contributed by atoms with Gasteiger partial charge in [-0.05, 0) is 37.3 Å².